The van der Waals surface area contributed by atoms with Gasteiger partial charge in [-0.25, -0.2) is 0 Å². The van der Waals surface area contributed by atoms with Crippen molar-refractivity contribution >= 4 is 65.4 Å². The molecule has 3 aromatic carbocycles. The van der Waals surface area contributed by atoms with Crippen LogP contribution in [0, 0.1) is 0 Å². The van der Waals surface area contributed by atoms with Crippen LogP contribution in [-0.2, 0) is 41.7 Å². The molecule has 0 aliphatic heterocycles. The topological polar surface area (TPSA) is 116 Å². The van der Waals surface area contributed by atoms with Gasteiger partial charge < -0.3 is 42.9 Å². The van der Waals surface area contributed by atoms with E-state index in [0.717, 1.165) is 51.5 Å². The molecule has 1 aromatic heterocycles. The fourth-order valence-corrected chi connectivity index (χ4v) is 6.67. The van der Waals surface area contributed by atoms with E-state index in [0.29, 0.717) is 17.5 Å². The number of nitrogens with two attached hydrogens (primary N) is 1. The predicted molar refractivity (Wildman–Crippen MR) is 195 cm³/mol. The lowest BCUT2D eigenvalue weighted by molar-refractivity contribution is 0.272. The lowest BCUT2D eigenvalue weighted by Crippen LogP contribution is -2.17. The van der Waals surface area contributed by atoms with E-state index in [9.17, 15) is 0 Å². The molecule has 0 saturated carbocycles. The molecular weight excluding hydrogens is 685 g/mol. The number of nitrogens with zero attached hydrogens (tertiary/aromatic N) is 1. The van der Waals surface area contributed by atoms with Crippen LogP contribution in [-0.4, -0.2) is 53.1 Å². The Labute approximate surface area is 286 Å². The highest BCUT2D eigenvalue weighted by molar-refractivity contribution is 8.08. The fourth-order valence-electron chi connectivity index (χ4n) is 3.98. The third kappa shape index (κ3) is 11.8. The fraction of sp³-hybridized carbons (Fsp3) is 0.323. The van der Waals surface area contributed by atoms with Crippen LogP contribution in [0.15, 0.2) is 88.8 Å². The third-order valence-corrected chi connectivity index (χ3v) is 12.3. The summed E-state index contributed by atoms with van der Waals surface area (Å²) in [7, 11) is 7.57. The van der Waals surface area contributed by atoms with E-state index in [1.807, 2.05) is 79.0 Å². The maximum absolute atomic E-state index is 5.61. The molecule has 0 amide bonds. The summed E-state index contributed by atoms with van der Waals surface area (Å²) in [6, 6.07) is 23.4. The first-order valence-corrected chi connectivity index (χ1v) is 20.1. The highest BCUT2D eigenvalue weighted by Crippen LogP contribution is 2.49. The number of pyridine rings is 1. The molecule has 0 radical (unpaired) electrons. The number of fused-ring (bicyclic) bond motifs is 1. The number of hydrogen-bond donors (Lipinski definition) is 2. The summed E-state index contributed by atoms with van der Waals surface area (Å²) < 4.78 is 37.0. The van der Waals surface area contributed by atoms with E-state index in [1.54, 1.807) is 18.9 Å². The van der Waals surface area contributed by atoms with Gasteiger partial charge in [0.15, 0.2) is 0 Å². The van der Waals surface area contributed by atoms with Crippen molar-refractivity contribution in [2.45, 2.75) is 35.6 Å². The summed E-state index contributed by atoms with van der Waals surface area (Å²) in [5.41, 5.74) is 7.53. The molecule has 0 aliphatic carbocycles. The van der Waals surface area contributed by atoms with Gasteiger partial charge in [0.1, 0.15) is 17.2 Å². The SMILES string of the molecule is COP(=S)(OC)Oc1ccc(Sc2ccc(OP(=S)(OC)OC)cc2)cc1.COc1cc(NC(C)CCCN)c2ncccc2c1. The van der Waals surface area contributed by atoms with Gasteiger partial charge in [-0.2, -0.15) is 0 Å². The van der Waals surface area contributed by atoms with E-state index in [4.69, 9.17) is 61.2 Å². The summed E-state index contributed by atoms with van der Waals surface area (Å²) in [5.74, 6) is 2.04. The summed E-state index contributed by atoms with van der Waals surface area (Å²) in [6.07, 6.45) is 3.87. The quantitative estimate of drug-likeness (QED) is 0.108. The van der Waals surface area contributed by atoms with Crippen LogP contribution in [0.3, 0.4) is 0 Å². The summed E-state index contributed by atoms with van der Waals surface area (Å²) in [5, 5.41) is 4.58. The maximum atomic E-state index is 5.61. The second-order valence-electron chi connectivity index (χ2n) is 9.58. The minimum Gasteiger partial charge on any atom is -0.497 e. The lowest BCUT2D eigenvalue weighted by atomic mass is 10.1. The average Bonchev–Trinajstić information content (AvgIpc) is 3.09. The first-order chi connectivity index (χ1) is 22.1. The van der Waals surface area contributed by atoms with Gasteiger partial charge in [0.25, 0.3) is 0 Å². The number of aromatic nitrogens is 1. The van der Waals surface area contributed by atoms with Crippen molar-refractivity contribution in [3.8, 4) is 17.2 Å². The molecule has 1 unspecified atom stereocenters. The molecule has 1 heterocycles. The second kappa shape index (κ2) is 18.9. The highest BCUT2D eigenvalue weighted by atomic mass is 32.5. The van der Waals surface area contributed by atoms with Crippen molar-refractivity contribution in [3.05, 3.63) is 79.0 Å². The smallest absolute Gasteiger partial charge is 0.380 e. The molecule has 46 heavy (non-hydrogen) atoms. The highest BCUT2D eigenvalue weighted by Gasteiger charge is 2.19. The average molecular weight is 726 g/mol. The summed E-state index contributed by atoms with van der Waals surface area (Å²) in [4.78, 5) is 6.53. The molecule has 10 nitrogen and oxygen atoms in total. The van der Waals surface area contributed by atoms with Crippen LogP contribution in [0.1, 0.15) is 19.8 Å². The number of rotatable bonds is 16. The Morgan fingerprint density at radius 1 is 0.783 bits per heavy atom. The van der Waals surface area contributed by atoms with Crippen LogP contribution >= 0.6 is 25.2 Å². The van der Waals surface area contributed by atoms with Gasteiger partial charge in [-0.05, 0) is 87.0 Å². The molecule has 0 bridgehead atoms. The molecule has 0 saturated heterocycles. The standard InChI is InChI=1S/C16H20O6P2S3.C15H21N3O/c1-17-23(25,18-2)21-13-5-9-15(10-6-13)27-16-11-7-14(8-12-16)22-24(26,19-3)20-4;1-11(5-3-7-16)18-14-10-13(19-2)9-12-6-4-8-17-15(12)14/h5-12H,1-4H3;4,6,8-11,18H,3,5,7,16H2,1-2H3. The van der Waals surface area contributed by atoms with Gasteiger partial charge in [-0.3, -0.25) is 4.98 Å². The maximum Gasteiger partial charge on any atom is 0.380 e. The number of methoxy groups -OCH3 is 1. The number of ether oxygens (including phenoxy) is 1. The van der Waals surface area contributed by atoms with Gasteiger partial charge in [0.05, 0.1) is 18.3 Å². The van der Waals surface area contributed by atoms with Crippen LogP contribution in [0.4, 0.5) is 5.69 Å². The number of anilines is 1. The zero-order chi connectivity index (χ0) is 33.6. The van der Waals surface area contributed by atoms with Gasteiger partial charge in [0, 0.05) is 85.5 Å². The minimum absolute atomic E-state index is 0.362. The van der Waals surface area contributed by atoms with Crippen molar-refractivity contribution in [1.29, 1.82) is 0 Å². The van der Waals surface area contributed by atoms with Gasteiger partial charge in [0.2, 0.25) is 0 Å². The van der Waals surface area contributed by atoms with Crippen molar-refractivity contribution in [2.24, 2.45) is 5.73 Å². The molecule has 0 spiro atoms. The minimum atomic E-state index is -2.73. The Morgan fingerprint density at radius 3 is 1.76 bits per heavy atom. The molecule has 250 valence electrons. The van der Waals surface area contributed by atoms with E-state index in [2.05, 4.69) is 17.2 Å². The van der Waals surface area contributed by atoms with Crippen molar-refractivity contribution in [2.75, 3.05) is 47.4 Å². The van der Waals surface area contributed by atoms with Crippen molar-refractivity contribution in [3.63, 3.8) is 0 Å². The summed E-state index contributed by atoms with van der Waals surface area (Å²) in [6.45, 7) is -2.57. The third-order valence-electron chi connectivity index (χ3n) is 6.37. The Morgan fingerprint density at radius 2 is 1.30 bits per heavy atom. The molecule has 1 atom stereocenters. The van der Waals surface area contributed by atoms with Crippen LogP contribution in [0.25, 0.3) is 10.9 Å². The first-order valence-electron chi connectivity index (χ1n) is 14.2. The van der Waals surface area contributed by atoms with Crippen LogP contribution in [0.2, 0.25) is 0 Å². The van der Waals surface area contributed by atoms with E-state index >= 15 is 0 Å². The Hall–Kier alpha value is -2.28. The first kappa shape index (κ1) is 38.2. The molecule has 4 aromatic rings. The number of benzene rings is 3. The Balaban J connectivity index is 0.000000266. The zero-order valence-electron chi connectivity index (χ0n) is 26.7. The van der Waals surface area contributed by atoms with Crippen molar-refractivity contribution < 1.29 is 31.9 Å². The number of hydrogen-bond acceptors (Lipinski definition) is 13. The lowest BCUT2D eigenvalue weighted by Gasteiger charge is -2.18. The molecule has 0 fully saturated rings. The molecule has 3 N–H and O–H groups in total. The van der Waals surface area contributed by atoms with Crippen LogP contribution in [0.5, 0.6) is 17.2 Å². The Kier molecular flexibility index (Phi) is 15.7. The van der Waals surface area contributed by atoms with E-state index in [-0.39, 0.29) is 0 Å². The molecule has 4 rings (SSSR count). The molecular formula is C31H41N3O7P2S3. The van der Waals surface area contributed by atoms with Crippen molar-refractivity contribution in [1.82, 2.24) is 4.98 Å². The normalized spacial score (nSPS) is 12.2. The molecule has 0 aliphatic rings. The molecule has 15 heteroatoms. The summed E-state index contributed by atoms with van der Waals surface area (Å²) >= 11 is 12.0. The number of nitrogens with one attached hydrogen (secondary N) is 1. The van der Waals surface area contributed by atoms with E-state index < -0.39 is 13.4 Å². The van der Waals surface area contributed by atoms with Gasteiger partial charge >= 0.3 is 13.4 Å². The predicted octanol–water partition coefficient (Wildman–Crippen LogP) is 8.41. The zero-order valence-corrected chi connectivity index (χ0v) is 30.9. The van der Waals surface area contributed by atoms with Crippen LogP contribution < -0.4 is 24.8 Å². The van der Waals surface area contributed by atoms with Gasteiger partial charge in [-0.15, -0.1) is 0 Å². The monoisotopic (exact) mass is 725 g/mol. The van der Waals surface area contributed by atoms with E-state index in [1.165, 1.54) is 28.4 Å². The van der Waals surface area contributed by atoms with Gasteiger partial charge in [-0.1, -0.05) is 17.8 Å². The Bertz CT molecular complexity index is 1530. The largest absolute Gasteiger partial charge is 0.497 e. The second-order valence-corrected chi connectivity index (χ2v) is 17.0.